The lowest BCUT2D eigenvalue weighted by Gasteiger charge is -2.35. The smallest absolute Gasteiger partial charge is 0.160 e. The molecule has 7 aromatic rings. The van der Waals surface area contributed by atoms with Crippen LogP contribution in [-0.2, 0) is 5.41 Å². The SMILES string of the molecule is C=C(/C=C\C=C/C)/C([B]C)=C/C(=C\C)c1nc(-c2ccc3c(c2)C(C)(C)c2cccc4c5c6ccccc6sc5n-3c24)c2ccccc2n1. The Labute approximate surface area is 292 Å². The van der Waals surface area contributed by atoms with Gasteiger partial charge in [0, 0.05) is 42.8 Å². The number of hydrogen-bond acceptors (Lipinski definition) is 3. The van der Waals surface area contributed by atoms with Gasteiger partial charge >= 0.3 is 0 Å². The number of fused-ring (bicyclic) bond motifs is 8. The van der Waals surface area contributed by atoms with Crippen LogP contribution in [0.25, 0.3) is 64.6 Å². The summed E-state index contributed by atoms with van der Waals surface area (Å²) in [5, 5.41) is 5.05. The van der Waals surface area contributed by atoms with Gasteiger partial charge in [-0.15, -0.1) is 11.3 Å². The van der Waals surface area contributed by atoms with E-state index in [-0.39, 0.29) is 5.41 Å². The maximum atomic E-state index is 5.31. The summed E-state index contributed by atoms with van der Waals surface area (Å²) < 4.78 is 3.84. The van der Waals surface area contributed by atoms with E-state index in [0.717, 1.165) is 38.8 Å². The second kappa shape index (κ2) is 12.0. The summed E-state index contributed by atoms with van der Waals surface area (Å²) in [5.41, 5.74) is 10.9. The minimum absolute atomic E-state index is 0.216. The summed E-state index contributed by atoms with van der Waals surface area (Å²) in [7, 11) is 2.09. The fourth-order valence-electron chi connectivity index (χ4n) is 7.41. The standard InChI is InChI=1S/C44H37BN3S/c1-7-9-10-16-27(3)35(45-6)26-28(8-2)42-46-36-21-13-11-17-30(36)40(47-42)29-23-24-37-34(25-29)44(4,5)33-20-15-19-32-39-31-18-12-14-22-38(31)49-43(39)48(37)41(32)33/h7-26H,3H2,1-2,4-6H3/b9-7-,16-10-,28-8+,35-26-. The molecule has 4 heterocycles. The number of rotatable bonds is 7. The van der Waals surface area contributed by atoms with Crippen molar-refractivity contribution in [1.29, 1.82) is 0 Å². The molecule has 0 spiro atoms. The molecule has 8 rings (SSSR count). The van der Waals surface area contributed by atoms with E-state index in [4.69, 9.17) is 9.97 Å². The van der Waals surface area contributed by atoms with Gasteiger partial charge in [0.15, 0.2) is 5.82 Å². The third-order valence-corrected chi connectivity index (χ3v) is 11.1. The molecule has 0 amide bonds. The van der Waals surface area contributed by atoms with E-state index in [1.165, 1.54) is 48.0 Å². The van der Waals surface area contributed by atoms with Crippen LogP contribution in [0, 0.1) is 0 Å². The fourth-order valence-corrected chi connectivity index (χ4v) is 8.64. The molecule has 0 N–H and O–H groups in total. The Kier molecular flexibility index (Phi) is 7.61. The molecular weight excluding hydrogens is 613 g/mol. The zero-order chi connectivity index (χ0) is 33.9. The normalized spacial score (nSPS) is 14.6. The number of para-hydroxylation sites is 2. The summed E-state index contributed by atoms with van der Waals surface area (Å²) in [6, 6.07) is 30.9. The van der Waals surface area contributed by atoms with E-state index in [0.29, 0.717) is 5.82 Å². The largest absolute Gasteiger partial charge is 0.300 e. The second-order valence-electron chi connectivity index (χ2n) is 13.1. The highest BCUT2D eigenvalue weighted by Crippen LogP contribution is 2.51. The van der Waals surface area contributed by atoms with Crippen molar-refractivity contribution in [2.45, 2.75) is 39.9 Å². The molecule has 0 fully saturated rings. The highest BCUT2D eigenvalue weighted by atomic mass is 32.1. The third kappa shape index (κ3) is 4.87. The van der Waals surface area contributed by atoms with Crippen molar-refractivity contribution in [3.63, 3.8) is 0 Å². The van der Waals surface area contributed by atoms with Crippen LogP contribution in [0.15, 0.2) is 139 Å². The first-order chi connectivity index (χ1) is 23.8. The summed E-state index contributed by atoms with van der Waals surface area (Å²) in [6.45, 7) is 15.1. The van der Waals surface area contributed by atoms with Gasteiger partial charge in [0.1, 0.15) is 12.1 Å². The number of allylic oxidation sites excluding steroid dienone is 9. The van der Waals surface area contributed by atoms with Crippen molar-refractivity contribution in [2.75, 3.05) is 0 Å². The Morgan fingerprint density at radius 1 is 0.857 bits per heavy atom. The predicted octanol–water partition coefficient (Wildman–Crippen LogP) is 12.0. The fraction of sp³-hybridized carbons (Fsp3) is 0.136. The van der Waals surface area contributed by atoms with Crippen LogP contribution in [0.4, 0.5) is 0 Å². The Morgan fingerprint density at radius 3 is 2.43 bits per heavy atom. The lowest BCUT2D eigenvalue weighted by Crippen LogP contribution is -2.26. The van der Waals surface area contributed by atoms with Crippen LogP contribution in [0.5, 0.6) is 0 Å². The first kappa shape index (κ1) is 31.0. The van der Waals surface area contributed by atoms with Gasteiger partial charge in [0.25, 0.3) is 0 Å². The molecule has 1 aliphatic rings. The highest BCUT2D eigenvalue weighted by Gasteiger charge is 2.36. The van der Waals surface area contributed by atoms with Crippen molar-refractivity contribution in [3.8, 4) is 16.9 Å². The molecule has 3 aromatic heterocycles. The molecular formula is C44H37BN3S. The van der Waals surface area contributed by atoms with Crippen LogP contribution in [-0.4, -0.2) is 21.8 Å². The molecule has 237 valence electrons. The van der Waals surface area contributed by atoms with Crippen LogP contribution < -0.4 is 0 Å². The van der Waals surface area contributed by atoms with Gasteiger partial charge in [-0.1, -0.05) is 130 Å². The van der Waals surface area contributed by atoms with E-state index < -0.39 is 0 Å². The van der Waals surface area contributed by atoms with Gasteiger partial charge in [-0.25, -0.2) is 9.97 Å². The van der Waals surface area contributed by atoms with E-state index in [9.17, 15) is 0 Å². The van der Waals surface area contributed by atoms with Crippen molar-refractivity contribution in [2.24, 2.45) is 0 Å². The zero-order valence-corrected chi connectivity index (χ0v) is 29.4. The van der Waals surface area contributed by atoms with E-state index >= 15 is 0 Å². The second-order valence-corrected chi connectivity index (χ2v) is 14.2. The Bertz CT molecular complexity index is 2610. The van der Waals surface area contributed by atoms with Crippen LogP contribution in [0.2, 0.25) is 6.82 Å². The first-order valence-corrected chi connectivity index (χ1v) is 17.7. The minimum atomic E-state index is -0.216. The van der Waals surface area contributed by atoms with Crippen LogP contribution in [0.1, 0.15) is 44.6 Å². The Hall–Kier alpha value is -5.26. The summed E-state index contributed by atoms with van der Waals surface area (Å²) in [6.07, 6.45) is 12.3. The topological polar surface area (TPSA) is 30.7 Å². The number of nitrogens with zero attached hydrogens (tertiary/aromatic N) is 3. The minimum Gasteiger partial charge on any atom is -0.300 e. The van der Waals surface area contributed by atoms with E-state index in [1.54, 1.807) is 0 Å². The maximum Gasteiger partial charge on any atom is 0.160 e. The van der Waals surface area contributed by atoms with Gasteiger partial charge < -0.3 is 4.57 Å². The lowest BCUT2D eigenvalue weighted by atomic mass is 9.68. The van der Waals surface area contributed by atoms with Gasteiger partial charge in [0.05, 0.1) is 22.4 Å². The number of hydrogen-bond donors (Lipinski definition) is 0. The van der Waals surface area contributed by atoms with Crippen LogP contribution >= 0.6 is 11.3 Å². The highest BCUT2D eigenvalue weighted by molar-refractivity contribution is 7.25. The van der Waals surface area contributed by atoms with Crippen molar-refractivity contribution >= 4 is 66.3 Å². The average molecular weight is 651 g/mol. The Morgan fingerprint density at radius 2 is 1.63 bits per heavy atom. The number of benzene rings is 4. The molecule has 0 saturated carbocycles. The first-order valence-electron chi connectivity index (χ1n) is 16.9. The molecule has 4 aromatic carbocycles. The lowest BCUT2D eigenvalue weighted by molar-refractivity contribution is 0.630. The molecule has 1 aliphatic heterocycles. The molecule has 49 heavy (non-hydrogen) atoms. The summed E-state index contributed by atoms with van der Waals surface area (Å²) in [5.74, 6) is 0.696. The molecule has 5 heteroatoms. The zero-order valence-electron chi connectivity index (χ0n) is 28.6. The summed E-state index contributed by atoms with van der Waals surface area (Å²) in [4.78, 5) is 11.7. The Balaban J connectivity index is 1.32. The van der Waals surface area contributed by atoms with Crippen molar-refractivity contribution in [1.82, 2.24) is 14.5 Å². The maximum absolute atomic E-state index is 5.31. The molecule has 1 radical (unpaired) electrons. The number of aromatic nitrogens is 3. The van der Waals surface area contributed by atoms with E-state index in [2.05, 4.69) is 123 Å². The molecule has 0 aliphatic carbocycles. The molecule has 0 saturated heterocycles. The number of thiophene rings is 1. The quantitative estimate of drug-likeness (QED) is 0.127. The summed E-state index contributed by atoms with van der Waals surface area (Å²) >= 11 is 1.88. The van der Waals surface area contributed by atoms with E-state index in [1.807, 2.05) is 62.4 Å². The van der Waals surface area contributed by atoms with Crippen molar-refractivity contribution < 1.29 is 0 Å². The average Bonchev–Trinajstić information content (AvgIpc) is 3.66. The van der Waals surface area contributed by atoms with Gasteiger partial charge in [-0.05, 0) is 54.8 Å². The monoisotopic (exact) mass is 650 g/mol. The van der Waals surface area contributed by atoms with Gasteiger partial charge in [0.2, 0.25) is 0 Å². The molecule has 3 nitrogen and oxygen atoms in total. The van der Waals surface area contributed by atoms with Gasteiger partial charge in [-0.2, -0.15) is 0 Å². The molecule has 0 unspecified atom stereocenters. The predicted molar refractivity (Wildman–Crippen MR) is 213 cm³/mol. The molecule has 0 bridgehead atoms. The van der Waals surface area contributed by atoms with Crippen LogP contribution in [0.3, 0.4) is 0 Å². The van der Waals surface area contributed by atoms with Crippen molar-refractivity contribution in [3.05, 3.63) is 156 Å². The molecule has 0 atom stereocenters. The third-order valence-electron chi connectivity index (χ3n) is 9.93. The van der Waals surface area contributed by atoms with Gasteiger partial charge in [-0.3, -0.25) is 0 Å².